The van der Waals surface area contributed by atoms with Crippen LogP contribution in [0.5, 0.6) is 0 Å². The molecule has 8 heteroatoms. The van der Waals surface area contributed by atoms with Crippen molar-refractivity contribution in [3.05, 3.63) is 24.3 Å². The van der Waals surface area contributed by atoms with Crippen LogP contribution < -0.4 is 9.62 Å². The van der Waals surface area contributed by atoms with Crippen LogP contribution in [-0.2, 0) is 19.5 Å². The molecule has 0 radical (unpaired) electrons. The molecule has 0 amide bonds. The fourth-order valence-electron chi connectivity index (χ4n) is 2.99. The van der Waals surface area contributed by atoms with Gasteiger partial charge in [-0.25, -0.2) is 13.1 Å². The summed E-state index contributed by atoms with van der Waals surface area (Å²) in [6, 6.07) is 6.79. The lowest BCUT2D eigenvalue weighted by Gasteiger charge is -2.38. The fourth-order valence-corrected chi connectivity index (χ4v) is 4.01. The molecule has 0 atom stereocenters. The molecule has 128 valence electrons. The SMILES string of the molecule is O=S(=O)(NCCO)c1ccc(N2CCC3(CC2)OCCO3)cc1. The predicted molar refractivity (Wildman–Crippen MR) is 84.8 cm³/mol. The highest BCUT2D eigenvalue weighted by atomic mass is 32.2. The molecule has 3 rings (SSSR count). The Balaban J connectivity index is 1.64. The third-order valence-corrected chi connectivity index (χ3v) is 5.73. The number of rotatable bonds is 5. The van der Waals surface area contributed by atoms with Crippen molar-refractivity contribution in [2.75, 3.05) is 44.4 Å². The second-order valence-electron chi connectivity index (χ2n) is 5.71. The average Bonchev–Trinajstić information content (AvgIpc) is 3.02. The minimum atomic E-state index is -3.56. The van der Waals surface area contributed by atoms with Crippen molar-refractivity contribution in [3.63, 3.8) is 0 Å². The van der Waals surface area contributed by atoms with Crippen LogP contribution in [0.2, 0.25) is 0 Å². The Kier molecular flexibility index (Phi) is 4.88. The van der Waals surface area contributed by atoms with Crippen molar-refractivity contribution in [1.82, 2.24) is 4.72 Å². The molecular formula is C15H22N2O5S. The largest absolute Gasteiger partial charge is 0.395 e. The minimum absolute atomic E-state index is 0.0122. The number of anilines is 1. The first-order valence-corrected chi connectivity index (χ1v) is 9.26. The zero-order chi connectivity index (χ0) is 16.3. The maximum atomic E-state index is 12.0. The van der Waals surface area contributed by atoms with E-state index in [1.165, 1.54) is 0 Å². The van der Waals surface area contributed by atoms with E-state index in [1.807, 2.05) is 12.1 Å². The molecule has 0 aliphatic carbocycles. The second-order valence-corrected chi connectivity index (χ2v) is 7.48. The molecule has 23 heavy (non-hydrogen) atoms. The summed E-state index contributed by atoms with van der Waals surface area (Å²) < 4.78 is 37.7. The Morgan fingerprint density at radius 1 is 1.13 bits per heavy atom. The lowest BCUT2D eigenvalue weighted by molar-refractivity contribution is -0.169. The van der Waals surface area contributed by atoms with Gasteiger partial charge >= 0.3 is 0 Å². The molecule has 2 heterocycles. The number of aliphatic hydroxyl groups excluding tert-OH is 1. The van der Waals surface area contributed by atoms with E-state index < -0.39 is 15.8 Å². The number of hydrogen-bond donors (Lipinski definition) is 2. The summed E-state index contributed by atoms with van der Waals surface area (Å²) in [6.07, 6.45) is 1.62. The van der Waals surface area contributed by atoms with Gasteiger partial charge in [-0.1, -0.05) is 0 Å². The van der Waals surface area contributed by atoms with Crippen molar-refractivity contribution in [3.8, 4) is 0 Å². The molecule has 2 aliphatic heterocycles. The lowest BCUT2D eigenvalue weighted by Crippen LogP contribution is -2.45. The number of piperidine rings is 1. The number of aliphatic hydroxyl groups is 1. The number of sulfonamides is 1. The van der Waals surface area contributed by atoms with Gasteiger partial charge in [0.05, 0.1) is 24.7 Å². The topological polar surface area (TPSA) is 88.1 Å². The van der Waals surface area contributed by atoms with Gasteiger partial charge in [-0.3, -0.25) is 0 Å². The van der Waals surface area contributed by atoms with Crippen LogP contribution in [0.1, 0.15) is 12.8 Å². The summed E-state index contributed by atoms with van der Waals surface area (Å²) in [7, 11) is -3.56. The van der Waals surface area contributed by atoms with Crippen LogP contribution in [-0.4, -0.2) is 58.8 Å². The van der Waals surface area contributed by atoms with E-state index >= 15 is 0 Å². The molecule has 2 aliphatic rings. The van der Waals surface area contributed by atoms with Crippen LogP contribution in [0.4, 0.5) is 5.69 Å². The molecule has 2 saturated heterocycles. The van der Waals surface area contributed by atoms with Gasteiger partial charge in [0.1, 0.15) is 0 Å². The average molecular weight is 342 g/mol. The highest BCUT2D eigenvalue weighted by molar-refractivity contribution is 7.89. The highest BCUT2D eigenvalue weighted by Crippen LogP contribution is 2.33. The minimum Gasteiger partial charge on any atom is -0.395 e. The van der Waals surface area contributed by atoms with E-state index in [0.29, 0.717) is 13.2 Å². The van der Waals surface area contributed by atoms with Crippen LogP contribution >= 0.6 is 0 Å². The van der Waals surface area contributed by atoms with Crippen molar-refractivity contribution in [2.45, 2.75) is 23.5 Å². The van der Waals surface area contributed by atoms with Gasteiger partial charge in [-0.15, -0.1) is 0 Å². The normalized spacial score (nSPS) is 21.0. The molecule has 1 aromatic rings. The van der Waals surface area contributed by atoms with Crippen molar-refractivity contribution >= 4 is 15.7 Å². The summed E-state index contributed by atoms with van der Waals surface area (Å²) in [6.45, 7) is 2.74. The lowest BCUT2D eigenvalue weighted by atomic mass is 10.0. The molecule has 1 aromatic carbocycles. The third kappa shape index (κ3) is 3.67. The zero-order valence-electron chi connectivity index (χ0n) is 12.9. The Hall–Kier alpha value is -1.19. The summed E-state index contributed by atoms with van der Waals surface area (Å²) >= 11 is 0. The maximum Gasteiger partial charge on any atom is 0.240 e. The second kappa shape index (κ2) is 6.74. The fraction of sp³-hybridized carbons (Fsp3) is 0.600. The van der Waals surface area contributed by atoms with E-state index in [4.69, 9.17) is 14.6 Å². The van der Waals surface area contributed by atoms with Gasteiger partial charge in [0.15, 0.2) is 5.79 Å². The number of nitrogens with one attached hydrogen (secondary N) is 1. The highest BCUT2D eigenvalue weighted by Gasteiger charge is 2.39. The summed E-state index contributed by atoms with van der Waals surface area (Å²) in [5, 5.41) is 8.72. The van der Waals surface area contributed by atoms with E-state index in [0.717, 1.165) is 31.6 Å². The van der Waals surface area contributed by atoms with Gasteiger partial charge in [0.25, 0.3) is 0 Å². The Morgan fingerprint density at radius 3 is 2.30 bits per heavy atom. The molecular weight excluding hydrogens is 320 g/mol. The molecule has 2 fully saturated rings. The Morgan fingerprint density at radius 2 is 1.74 bits per heavy atom. The molecule has 7 nitrogen and oxygen atoms in total. The third-order valence-electron chi connectivity index (χ3n) is 4.25. The number of ether oxygens (including phenoxy) is 2. The molecule has 0 saturated carbocycles. The molecule has 2 N–H and O–H groups in total. The number of hydrogen-bond acceptors (Lipinski definition) is 6. The molecule has 0 unspecified atom stereocenters. The molecule has 0 bridgehead atoms. The number of nitrogens with zero attached hydrogens (tertiary/aromatic N) is 1. The first-order chi connectivity index (χ1) is 11.0. The predicted octanol–water partition coefficient (Wildman–Crippen LogP) is 0.300. The summed E-state index contributed by atoms with van der Waals surface area (Å²) in [5.41, 5.74) is 0.985. The van der Waals surface area contributed by atoms with Gasteiger partial charge in [0.2, 0.25) is 10.0 Å². The van der Waals surface area contributed by atoms with Crippen LogP contribution in [0.25, 0.3) is 0 Å². The molecule has 0 aromatic heterocycles. The van der Waals surface area contributed by atoms with Gasteiger partial charge < -0.3 is 19.5 Å². The maximum absolute atomic E-state index is 12.0. The monoisotopic (exact) mass is 342 g/mol. The van der Waals surface area contributed by atoms with Crippen molar-refractivity contribution < 1.29 is 23.0 Å². The van der Waals surface area contributed by atoms with E-state index in [2.05, 4.69) is 9.62 Å². The van der Waals surface area contributed by atoms with Crippen molar-refractivity contribution in [1.29, 1.82) is 0 Å². The van der Waals surface area contributed by atoms with Crippen LogP contribution in [0.15, 0.2) is 29.2 Å². The number of benzene rings is 1. The summed E-state index contributed by atoms with van der Waals surface area (Å²) in [4.78, 5) is 2.40. The van der Waals surface area contributed by atoms with E-state index in [9.17, 15) is 8.42 Å². The quantitative estimate of drug-likeness (QED) is 0.800. The standard InChI is InChI=1S/C15H22N2O5S/c18-10-7-16-23(19,20)14-3-1-13(2-4-14)17-8-5-15(6-9-17)21-11-12-22-15/h1-4,16,18H,5-12H2. The van der Waals surface area contributed by atoms with E-state index in [1.54, 1.807) is 12.1 Å². The Labute approximate surface area is 136 Å². The first kappa shape index (κ1) is 16.7. The van der Waals surface area contributed by atoms with Gasteiger partial charge in [0, 0.05) is 38.2 Å². The van der Waals surface area contributed by atoms with Gasteiger partial charge in [-0.05, 0) is 24.3 Å². The first-order valence-electron chi connectivity index (χ1n) is 7.78. The van der Waals surface area contributed by atoms with Crippen LogP contribution in [0, 0.1) is 0 Å². The Bertz CT molecular complexity index is 616. The smallest absolute Gasteiger partial charge is 0.240 e. The zero-order valence-corrected chi connectivity index (χ0v) is 13.7. The molecule has 1 spiro atoms. The van der Waals surface area contributed by atoms with Crippen LogP contribution in [0.3, 0.4) is 0 Å². The summed E-state index contributed by atoms with van der Waals surface area (Å²) in [5.74, 6) is -0.409. The van der Waals surface area contributed by atoms with Gasteiger partial charge in [-0.2, -0.15) is 0 Å². The van der Waals surface area contributed by atoms with Crippen molar-refractivity contribution in [2.24, 2.45) is 0 Å². The van der Waals surface area contributed by atoms with E-state index in [-0.39, 0.29) is 18.0 Å².